The zero-order chi connectivity index (χ0) is 19.0. The highest BCUT2D eigenvalue weighted by Gasteiger charge is 2.25. The molecule has 0 aliphatic carbocycles. The lowest BCUT2D eigenvalue weighted by molar-refractivity contribution is 0.0746. The third-order valence-electron chi connectivity index (χ3n) is 5.13. The van der Waals surface area contributed by atoms with Crippen LogP contribution in [0.4, 0.5) is 5.82 Å². The van der Waals surface area contributed by atoms with Gasteiger partial charge in [-0.2, -0.15) is 0 Å². The molecule has 140 valence electrons. The summed E-state index contributed by atoms with van der Waals surface area (Å²) in [4.78, 5) is 28.8. The van der Waals surface area contributed by atoms with Gasteiger partial charge in [0, 0.05) is 36.6 Å². The van der Waals surface area contributed by atoms with Crippen molar-refractivity contribution < 1.29 is 4.79 Å². The van der Waals surface area contributed by atoms with Crippen LogP contribution in [0.25, 0.3) is 10.2 Å². The van der Waals surface area contributed by atoms with E-state index in [1.807, 2.05) is 43.0 Å². The molecule has 0 spiro atoms. The molecule has 1 amide bonds. The monoisotopic (exact) mass is 380 g/mol. The molecular weight excluding hydrogens is 356 g/mol. The molecule has 0 saturated carbocycles. The summed E-state index contributed by atoms with van der Waals surface area (Å²) in [5.41, 5.74) is 1.83. The Labute approximate surface area is 163 Å². The zero-order valence-electron chi connectivity index (χ0n) is 16.0. The molecule has 5 nitrogen and oxygen atoms in total. The molecule has 1 aliphatic rings. The number of hydrogen-bond donors (Lipinski definition) is 0. The molecule has 1 aliphatic heterocycles. The van der Waals surface area contributed by atoms with Gasteiger partial charge in [-0.3, -0.25) is 4.79 Å². The molecule has 0 N–H and O–H groups in total. The summed E-state index contributed by atoms with van der Waals surface area (Å²) >= 11 is 1.75. The second kappa shape index (κ2) is 7.27. The fraction of sp³-hybridized carbons (Fsp3) is 0.381. The van der Waals surface area contributed by atoms with Crippen LogP contribution in [0.15, 0.2) is 30.3 Å². The predicted octanol–water partition coefficient (Wildman–Crippen LogP) is 3.83. The fourth-order valence-corrected chi connectivity index (χ4v) is 4.59. The minimum absolute atomic E-state index is 0.126. The van der Waals surface area contributed by atoms with Gasteiger partial charge < -0.3 is 9.80 Å². The molecule has 1 aromatic carbocycles. The van der Waals surface area contributed by atoms with E-state index in [4.69, 9.17) is 4.98 Å². The minimum Gasteiger partial charge on any atom is -0.352 e. The highest BCUT2D eigenvalue weighted by Crippen LogP contribution is 2.32. The molecule has 0 radical (unpaired) electrons. The molecule has 0 unspecified atom stereocenters. The van der Waals surface area contributed by atoms with Crippen molar-refractivity contribution in [3.63, 3.8) is 0 Å². The van der Waals surface area contributed by atoms with E-state index >= 15 is 0 Å². The van der Waals surface area contributed by atoms with Crippen LogP contribution in [0, 0.1) is 13.8 Å². The Balaban J connectivity index is 1.54. The number of fused-ring (bicyclic) bond motifs is 1. The average molecular weight is 381 g/mol. The standard InChI is InChI=1S/C21H24N4OS/c1-4-16-13-18-19(22-15(3)23-20(18)27-16)24-9-11-25(12-10-24)21(26)17-8-6-5-7-14(17)2/h5-8,13H,4,9-12H2,1-3H3. The highest BCUT2D eigenvalue weighted by atomic mass is 32.1. The van der Waals surface area contributed by atoms with Gasteiger partial charge >= 0.3 is 0 Å². The molecule has 2 aromatic heterocycles. The number of piperazine rings is 1. The zero-order valence-corrected chi connectivity index (χ0v) is 16.8. The maximum atomic E-state index is 12.9. The summed E-state index contributed by atoms with van der Waals surface area (Å²) < 4.78 is 0. The summed E-state index contributed by atoms with van der Waals surface area (Å²) in [6, 6.07) is 10.0. The smallest absolute Gasteiger partial charge is 0.254 e. The van der Waals surface area contributed by atoms with E-state index in [1.54, 1.807) is 11.3 Å². The molecule has 6 heteroatoms. The summed E-state index contributed by atoms with van der Waals surface area (Å²) in [5, 5.41) is 1.14. The van der Waals surface area contributed by atoms with Gasteiger partial charge in [0.05, 0.1) is 5.39 Å². The van der Waals surface area contributed by atoms with Crippen molar-refractivity contribution >= 4 is 33.3 Å². The Bertz CT molecular complexity index is 989. The van der Waals surface area contributed by atoms with Gasteiger partial charge in [0.1, 0.15) is 16.5 Å². The number of aromatic nitrogens is 2. The van der Waals surface area contributed by atoms with Crippen LogP contribution >= 0.6 is 11.3 Å². The van der Waals surface area contributed by atoms with Crippen LogP contribution in [0.1, 0.15) is 33.5 Å². The Morgan fingerprint density at radius 3 is 2.56 bits per heavy atom. The fourth-order valence-electron chi connectivity index (χ4n) is 3.58. The lowest BCUT2D eigenvalue weighted by atomic mass is 10.1. The van der Waals surface area contributed by atoms with Gasteiger partial charge in [-0.05, 0) is 38.0 Å². The second-order valence-corrected chi connectivity index (χ2v) is 8.09. The number of carbonyl (C=O) groups excluding carboxylic acids is 1. The SMILES string of the molecule is CCc1cc2c(N3CCN(C(=O)c4ccccc4C)CC3)nc(C)nc2s1. The largest absolute Gasteiger partial charge is 0.352 e. The first-order chi connectivity index (χ1) is 13.1. The first-order valence-electron chi connectivity index (χ1n) is 9.43. The Kier molecular flexibility index (Phi) is 4.83. The van der Waals surface area contributed by atoms with E-state index in [-0.39, 0.29) is 5.91 Å². The van der Waals surface area contributed by atoms with Crippen molar-refractivity contribution in [1.82, 2.24) is 14.9 Å². The van der Waals surface area contributed by atoms with Crippen molar-refractivity contribution in [2.45, 2.75) is 27.2 Å². The number of rotatable bonds is 3. The first kappa shape index (κ1) is 17.9. The van der Waals surface area contributed by atoms with Gasteiger partial charge in [-0.1, -0.05) is 25.1 Å². The summed E-state index contributed by atoms with van der Waals surface area (Å²) in [7, 11) is 0. The van der Waals surface area contributed by atoms with E-state index in [1.165, 1.54) is 4.88 Å². The van der Waals surface area contributed by atoms with Gasteiger partial charge in [0.25, 0.3) is 5.91 Å². The highest BCUT2D eigenvalue weighted by molar-refractivity contribution is 7.18. The third-order valence-corrected chi connectivity index (χ3v) is 6.30. The van der Waals surface area contributed by atoms with Gasteiger partial charge in [0.2, 0.25) is 0 Å². The summed E-state index contributed by atoms with van der Waals surface area (Å²) in [6.45, 7) is 9.12. The summed E-state index contributed by atoms with van der Waals surface area (Å²) in [6.07, 6.45) is 1.01. The number of benzene rings is 1. The molecule has 3 aromatic rings. The van der Waals surface area contributed by atoms with Crippen molar-refractivity contribution in [2.75, 3.05) is 31.1 Å². The quantitative estimate of drug-likeness (QED) is 0.693. The molecular formula is C21H24N4OS. The number of hydrogen-bond acceptors (Lipinski definition) is 5. The van der Waals surface area contributed by atoms with E-state index in [9.17, 15) is 4.79 Å². The third kappa shape index (κ3) is 3.41. The van der Waals surface area contributed by atoms with Crippen LogP contribution in [0.2, 0.25) is 0 Å². The average Bonchev–Trinajstić information content (AvgIpc) is 3.10. The Hall–Kier alpha value is -2.47. The van der Waals surface area contributed by atoms with Crippen molar-refractivity contribution in [2.24, 2.45) is 0 Å². The molecule has 1 saturated heterocycles. The second-order valence-electron chi connectivity index (χ2n) is 6.97. The molecule has 3 heterocycles. The van der Waals surface area contributed by atoms with Crippen LogP contribution in [-0.4, -0.2) is 47.0 Å². The number of thiophene rings is 1. The first-order valence-corrected chi connectivity index (χ1v) is 10.3. The molecule has 4 rings (SSSR count). The minimum atomic E-state index is 0.126. The van der Waals surface area contributed by atoms with Crippen LogP contribution < -0.4 is 4.90 Å². The van der Waals surface area contributed by atoms with Crippen LogP contribution in [0.5, 0.6) is 0 Å². The molecule has 0 atom stereocenters. The van der Waals surface area contributed by atoms with Crippen molar-refractivity contribution in [3.05, 3.63) is 52.2 Å². The Morgan fingerprint density at radius 1 is 1.11 bits per heavy atom. The van der Waals surface area contributed by atoms with Crippen LogP contribution in [0.3, 0.4) is 0 Å². The topological polar surface area (TPSA) is 49.3 Å². The van der Waals surface area contributed by atoms with E-state index in [0.29, 0.717) is 13.1 Å². The summed E-state index contributed by atoms with van der Waals surface area (Å²) in [5.74, 6) is 1.94. The number of amides is 1. The number of aryl methyl sites for hydroxylation is 3. The molecule has 0 bridgehead atoms. The van der Waals surface area contributed by atoms with Gasteiger partial charge in [0.15, 0.2) is 0 Å². The van der Waals surface area contributed by atoms with E-state index in [2.05, 4.69) is 22.9 Å². The number of anilines is 1. The van der Waals surface area contributed by atoms with E-state index < -0.39 is 0 Å². The lowest BCUT2D eigenvalue weighted by Crippen LogP contribution is -2.49. The van der Waals surface area contributed by atoms with Crippen LogP contribution in [-0.2, 0) is 6.42 Å². The maximum Gasteiger partial charge on any atom is 0.254 e. The number of nitrogens with zero attached hydrogens (tertiary/aromatic N) is 4. The molecule has 27 heavy (non-hydrogen) atoms. The van der Waals surface area contributed by atoms with E-state index in [0.717, 1.165) is 52.5 Å². The lowest BCUT2D eigenvalue weighted by Gasteiger charge is -2.36. The normalized spacial score (nSPS) is 14.8. The number of carbonyl (C=O) groups is 1. The van der Waals surface area contributed by atoms with Crippen molar-refractivity contribution in [3.8, 4) is 0 Å². The Morgan fingerprint density at radius 2 is 1.85 bits per heavy atom. The predicted molar refractivity (Wildman–Crippen MR) is 111 cm³/mol. The van der Waals surface area contributed by atoms with Gasteiger partial charge in [-0.15, -0.1) is 11.3 Å². The van der Waals surface area contributed by atoms with Crippen molar-refractivity contribution in [1.29, 1.82) is 0 Å². The molecule has 1 fully saturated rings. The maximum absolute atomic E-state index is 12.9. The van der Waals surface area contributed by atoms with Gasteiger partial charge in [-0.25, -0.2) is 9.97 Å².